The molecular formula is C21H17ClF3N5O3S. The van der Waals surface area contributed by atoms with Gasteiger partial charge in [-0.3, -0.25) is 4.79 Å². The van der Waals surface area contributed by atoms with Crippen LogP contribution >= 0.6 is 23.4 Å². The van der Waals surface area contributed by atoms with Crippen molar-refractivity contribution in [3.8, 4) is 0 Å². The molecule has 1 aromatic heterocycles. The van der Waals surface area contributed by atoms with Crippen LogP contribution in [0.4, 0.5) is 29.3 Å². The zero-order valence-corrected chi connectivity index (χ0v) is 18.8. The van der Waals surface area contributed by atoms with Gasteiger partial charge in [-0.2, -0.15) is 13.2 Å². The van der Waals surface area contributed by atoms with E-state index in [1.54, 1.807) is 30.3 Å². The molecule has 2 aromatic carbocycles. The first-order chi connectivity index (χ1) is 16.2. The monoisotopic (exact) mass is 511 g/mol. The maximum atomic E-state index is 13.0. The molecule has 0 aliphatic carbocycles. The Labute approximate surface area is 200 Å². The zero-order chi connectivity index (χ0) is 24.7. The minimum atomic E-state index is -4.66. The summed E-state index contributed by atoms with van der Waals surface area (Å²) in [6, 6.07) is 10.5. The van der Waals surface area contributed by atoms with Gasteiger partial charge in [0.2, 0.25) is 5.82 Å². The molecule has 13 heteroatoms. The second-order valence-corrected chi connectivity index (χ2v) is 8.10. The van der Waals surface area contributed by atoms with Crippen LogP contribution in [0.25, 0.3) is 0 Å². The molecule has 0 saturated carbocycles. The van der Waals surface area contributed by atoms with Crippen LogP contribution in [0.5, 0.6) is 0 Å². The molecule has 0 atom stereocenters. The van der Waals surface area contributed by atoms with Crippen LogP contribution in [-0.4, -0.2) is 40.2 Å². The third-order valence-corrected chi connectivity index (χ3v) is 5.33. The van der Waals surface area contributed by atoms with Gasteiger partial charge >= 0.3 is 12.2 Å². The topological polar surface area (TPSA) is 116 Å². The number of amides is 3. The fourth-order valence-electron chi connectivity index (χ4n) is 2.63. The van der Waals surface area contributed by atoms with E-state index in [4.69, 9.17) is 16.7 Å². The number of hydrogen-bond donors (Lipinski definition) is 4. The predicted molar refractivity (Wildman–Crippen MR) is 121 cm³/mol. The third kappa shape index (κ3) is 7.07. The van der Waals surface area contributed by atoms with Crippen LogP contribution < -0.4 is 16.0 Å². The first-order valence-electron chi connectivity index (χ1n) is 9.60. The van der Waals surface area contributed by atoms with Gasteiger partial charge in [0.1, 0.15) is 5.03 Å². The summed E-state index contributed by atoms with van der Waals surface area (Å²) in [5, 5.41) is 16.1. The van der Waals surface area contributed by atoms with E-state index >= 15 is 0 Å². The maximum Gasteiger partial charge on any atom is 0.417 e. The zero-order valence-electron chi connectivity index (χ0n) is 17.2. The molecule has 0 unspecified atom stereocenters. The Kier molecular flexibility index (Phi) is 8.31. The van der Waals surface area contributed by atoms with E-state index in [0.717, 1.165) is 12.1 Å². The number of anilines is 2. The second kappa shape index (κ2) is 11.2. The number of nitrogens with one attached hydrogen (secondary N) is 3. The van der Waals surface area contributed by atoms with Crippen molar-refractivity contribution in [3.05, 3.63) is 71.1 Å². The number of carbonyl (C=O) groups is 2. The average molecular weight is 512 g/mol. The van der Waals surface area contributed by atoms with Gasteiger partial charge in [0.25, 0.3) is 5.91 Å². The largest absolute Gasteiger partial charge is 0.417 e. The van der Waals surface area contributed by atoms with Gasteiger partial charge in [-0.1, -0.05) is 29.4 Å². The van der Waals surface area contributed by atoms with Crippen molar-refractivity contribution >= 4 is 46.7 Å². The Morgan fingerprint density at radius 1 is 1.06 bits per heavy atom. The molecule has 0 aliphatic heterocycles. The van der Waals surface area contributed by atoms with Crippen LogP contribution in [0.2, 0.25) is 5.02 Å². The summed E-state index contributed by atoms with van der Waals surface area (Å²) in [7, 11) is 0. The van der Waals surface area contributed by atoms with E-state index in [-0.39, 0.29) is 24.7 Å². The van der Waals surface area contributed by atoms with Crippen molar-refractivity contribution in [1.82, 2.24) is 15.3 Å². The lowest BCUT2D eigenvalue weighted by Gasteiger charge is -2.12. The number of nitrogens with zero attached hydrogens (tertiary/aromatic N) is 2. The molecule has 0 aliphatic rings. The summed E-state index contributed by atoms with van der Waals surface area (Å²) in [6.07, 6.45) is -3.24. The quantitative estimate of drug-likeness (QED) is 0.343. The number of aromatic nitrogens is 2. The SMILES string of the molecule is O=C(Nc1cccc(Sc2ccnc(C(=O)NCCO)n2)c1)Nc1ccc(Cl)c(C(F)(F)F)c1. The molecule has 178 valence electrons. The van der Waals surface area contributed by atoms with Crippen LogP contribution in [0, 0.1) is 0 Å². The molecule has 34 heavy (non-hydrogen) atoms. The molecule has 0 fully saturated rings. The molecule has 3 rings (SSSR count). The first-order valence-corrected chi connectivity index (χ1v) is 10.8. The number of halogens is 4. The third-order valence-electron chi connectivity index (χ3n) is 4.07. The minimum absolute atomic E-state index is 0.0618. The summed E-state index contributed by atoms with van der Waals surface area (Å²) in [5.74, 6) is -0.590. The molecule has 1 heterocycles. The van der Waals surface area contributed by atoms with Crippen LogP contribution in [0.3, 0.4) is 0 Å². The Morgan fingerprint density at radius 2 is 1.79 bits per heavy atom. The Balaban J connectivity index is 1.66. The summed E-state index contributed by atoms with van der Waals surface area (Å²) in [4.78, 5) is 32.9. The van der Waals surface area contributed by atoms with E-state index < -0.39 is 28.7 Å². The van der Waals surface area contributed by atoms with E-state index in [9.17, 15) is 22.8 Å². The number of hydrogen-bond acceptors (Lipinski definition) is 6. The summed E-state index contributed by atoms with van der Waals surface area (Å²) in [5.41, 5.74) is -0.755. The molecule has 0 saturated heterocycles. The van der Waals surface area contributed by atoms with E-state index in [0.29, 0.717) is 15.6 Å². The number of aliphatic hydroxyl groups excluding tert-OH is 1. The van der Waals surface area contributed by atoms with Crippen molar-refractivity contribution in [2.24, 2.45) is 0 Å². The normalized spacial score (nSPS) is 11.1. The Hall–Kier alpha value is -3.35. The van der Waals surface area contributed by atoms with Gasteiger partial charge in [-0.05, 0) is 42.5 Å². The standard InChI is InChI=1S/C21H17ClF3N5O3S/c22-16-5-4-13(11-15(16)21(23,24)25)29-20(33)28-12-2-1-3-14(10-12)34-17-6-7-26-18(30-17)19(32)27-8-9-31/h1-7,10-11,31H,8-9H2,(H,27,32)(H2,28,29,33). The Bertz CT molecular complexity index is 1200. The predicted octanol–water partition coefficient (Wildman–Crippen LogP) is 4.67. The summed E-state index contributed by atoms with van der Waals surface area (Å²) >= 11 is 6.79. The highest BCUT2D eigenvalue weighted by molar-refractivity contribution is 7.99. The number of rotatable bonds is 7. The van der Waals surface area contributed by atoms with Crippen LogP contribution in [0.15, 0.2) is 64.6 Å². The number of aliphatic hydroxyl groups is 1. The first kappa shape index (κ1) is 25.3. The van der Waals surface area contributed by atoms with Crippen molar-refractivity contribution < 1.29 is 27.9 Å². The molecule has 0 bridgehead atoms. The number of carbonyl (C=O) groups excluding carboxylic acids is 2. The van der Waals surface area contributed by atoms with Crippen molar-refractivity contribution in [3.63, 3.8) is 0 Å². The van der Waals surface area contributed by atoms with Gasteiger partial charge in [-0.25, -0.2) is 14.8 Å². The van der Waals surface area contributed by atoms with Crippen molar-refractivity contribution in [1.29, 1.82) is 0 Å². The van der Waals surface area contributed by atoms with Gasteiger partial charge in [0, 0.05) is 29.0 Å². The van der Waals surface area contributed by atoms with Crippen molar-refractivity contribution in [2.75, 3.05) is 23.8 Å². The van der Waals surface area contributed by atoms with Gasteiger partial charge in [0.15, 0.2) is 0 Å². The molecular weight excluding hydrogens is 495 g/mol. The minimum Gasteiger partial charge on any atom is -0.395 e. The summed E-state index contributed by atoms with van der Waals surface area (Å²) in [6.45, 7) is -0.141. The van der Waals surface area contributed by atoms with E-state index in [1.165, 1.54) is 24.0 Å². The molecule has 0 radical (unpaired) electrons. The van der Waals surface area contributed by atoms with Gasteiger partial charge < -0.3 is 21.1 Å². The Morgan fingerprint density at radius 3 is 2.50 bits per heavy atom. The summed E-state index contributed by atoms with van der Waals surface area (Å²) < 4.78 is 39.0. The highest BCUT2D eigenvalue weighted by Gasteiger charge is 2.33. The fraction of sp³-hybridized carbons (Fsp3) is 0.143. The lowest BCUT2D eigenvalue weighted by atomic mass is 10.2. The number of urea groups is 1. The van der Waals surface area contributed by atoms with E-state index in [1.807, 2.05) is 0 Å². The maximum absolute atomic E-state index is 13.0. The van der Waals surface area contributed by atoms with E-state index in [2.05, 4.69) is 25.9 Å². The van der Waals surface area contributed by atoms with Gasteiger partial charge in [0.05, 0.1) is 17.2 Å². The van der Waals surface area contributed by atoms with Crippen molar-refractivity contribution in [2.45, 2.75) is 16.1 Å². The average Bonchev–Trinajstić information content (AvgIpc) is 2.78. The number of benzene rings is 2. The smallest absolute Gasteiger partial charge is 0.395 e. The lowest BCUT2D eigenvalue weighted by Crippen LogP contribution is -2.28. The van der Waals surface area contributed by atoms with Crippen LogP contribution in [-0.2, 0) is 6.18 Å². The molecule has 3 aromatic rings. The second-order valence-electron chi connectivity index (χ2n) is 6.60. The number of alkyl halides is 3. The molecule has 0 spiro atoms. The van der Waals surface area contributed by atoms with Gasteiger partial charge in [-0.15, -0.1) is 0 Å². The fourth-order valence-corrected chi connectivity index (χ4v) is 3.69. The lowest BCUT2D eigenvalue weighted by molar-refractivity contribution is -0.137. The highest BCUT2D eigenvalue weighted by atomic mass is 35.5. The molecule has 8 nitrogen and oxygen atoms in total. The van der Waals surface area contributed by atoms with Crippen LogP contribution in [0.1, 0.15) is 16.2 Å². The highest BCUT2D eigenvalue weighted by Crippen LogP contribution is 2.36. The molecule has 4 N–H and O–H groups in total. The molecule has 3 amide bonds.